The molecule has 0 bridgehead atoms. The van der Waals surface area contributed by atoms with Gasteiger partial charge in [-0.3, -0.25) is 11.3 Å². The second-order valence-corrected chi connectivity index (χ2v) is 5.61. The Hall–Kier alpha value is -0.930. The van der Waals surface area contributed by atoms with E-state index < -0.39 is 0 Å². The van der Waals surface area contributed by atoms with E-state index >= 15 is 0 Å². The number of unbranched alkanes of at least 4 members (excludes halogenated alkanes) is 6. The van der Waals surface area contributed by atoms with Crippen molar-refractivity contribution in [3.63, 3.8) is 0 Å². The van der Waals surface area contributed by atoms with Crippen molar-refractivity contribution in [2.75, 3.05) is 0 Å². The van der Waals surface area contributed by atoms with Crippen LogP contribution in [0.25, 0.3) is 0 Å². The molecule has 1 unspecified atom stereocenters. The van der Waals surface area contributed by atoms with Crippen LogP contribution in [0.1, 0.15) is 75.5 Å². The Bertz CT molecular complexity index is 379. The van der Waals surface area contributed by atoms with Gasteiger partial charge in [-0.25, -0.2) is 4.39 Å². The summed E-state index contributed by atoms with van der Waals surface area (Å²) in [5.74, 6) is 5.46. The second kappa shape index (κ2) is 9.89. The third-order valence-electron chi connectivity index (χ3n) is 3.89. The lowest BCUT2D eigenvalue weighted by molar-refractivity contribution is 0.455. The fraction of sp³-hybridized carbons (Fsp3) is 0.647. The zero-order chi connectivity index (χ0) is 14.8. The van der Waals surface area contributed by atoms with E-state index in [2.05, 4.69) is 12.3 Å². The first-order chi connectivity index (χ1) is 9.70. The lowest BCUT2D eigenvalue weighted by Crippen LogP contribution is -2.28. The SMILES string of the molecule is CCCCCCCCCC(NN)c1cccc(C)c1F. The molecule has 3 N–H and O–H groups in total. The number of hydrazine groups is 1. The number of halogens is 1. The molecule has 0 heterocycles. The average Bonchev–Trinajstić information content (AvgIpc) is 2.46. The molecule has 1 aromatic rings. The Kier molecular flexibility index (Phi) is 8.47. The van der Waals surface area contributed by atoms with Crippen LogP contribution in [0.2, 0.25) is 0 Å². The average molecular weight is 280 g/mol. The predicted molar refractivity (Wildman–Crippen MR) is 83.8 cm³/mol. The van der Waals surface area contributed by atoms with E-state index in [0.29, 0.717) is 11.1 Å². The first kappa shape index (κ1) is 17.1. The highest BCUT2D eigenvalue weighted by molar-refractivity contribution is 5.27. The van der Waals surface area contributed by atoms with Crippen molar-refractivity contribution in [1.82, 2.24) is 5.43 Å². The minimum atomic E-state index is -0.126. The van der Waals surface area contributed by atoms with Crippen LogP contribution in [0.5, 0.6) is 0 Å². The van der Waals surface area contributed by atoms with Crippen molar-refractivity contribution in [3.8, 4) is 0 Å². The zero-order valence-corrected chi connectivity index (χ0v) is 12.9. The summed E-state index contributed by atoms with van der Waals surface area (Å²) in [4.78, 5) is 0. The van der Waals surface area contributed by atoms with Gasteiger partial charge in [0, 0.05) is 11.6 Å². The van der Waals surface area contributed by atoms with E-state index in [1.165, 1.54) is 38.5 Å². The maximum atomic E-state index is 14.1. The van der Waals surface area contributed by atoms with Crippen LogP contribution in [-0.2, 0) is 0 Å². The fourth-order valence-electron chi connectivity index (χ4n) is 2.57. The van der Waals surface area contributed by atoms with Crippen molar-refractivity contribution in [3.05, 3.63) is 35.1 Å². The van der Waals surface area contributed by atoms with E-state index in [9.17, 15) is 4.39 Å². The van der Waals surface area contributed by atoms with E-state index in [4.69, 9.17) is 5.84 Å². The van der Waals surface area contributed by atoms with Gasteiger partial charge in [0.1, 0.15) is 5.82 Å². The van der Waals surface area contributed by atoms with Crippen LogP contribution in [0.15, 0.2) is 18.2 Å². The molecule has 1 rings (SSSR count). The first-order valence-electron chi connectivity index (χ1n) is 7.91. The van der Waals surface area contributed by atoms with Crippen molar-refractivity contribution in [1.29, 1.82) is 0 Å². The topological polar surface area (TPSA) is 38.0 Å². The van der Waals surface area contributed by atoms with Gasteiger partial charge in [0.2, 0.25) is 0 Å². The molecule has 1 aromatic carbocycles. The summed E-state index contributed by atoms with van der Waals surface area (Å²) in [6, 6.07) is 5.43. The van der Waals surface area contributed by atoms with E-state index in [0.717, 1.165) is 12.8 Å². The van der Waals surface area contributed by atoms with Gasteiger partial charge in [0.15, 0.2) is 0 Å². The number of hydrogen-bond donors (Lipinski definition) is 2. The molecule has 114 valence electrons. The molecule has 0 aliphatic carbocycles. The van der Waals surface area contributed by atoms with Crippen molar-refractivity contribution >= 4 is 0 Å². The molecule has 2 nitrogen and oxygen atoms in total. The summed E-state index contributed by atoms with van der Waals surface area (Å²) in [5, 5.41) is 0. The van der Waals surface area contributed by atoms with Crippen LogP contribution < -0.4 is 11.3 Å². The van der Waals surface area contributed by atoms with Crippen LogP contribution in [0, 0.1) is 12.7 Å². The molecule has 20 heavy (non-hydrogen) atoms. The number of nitrogens with one attached hydrogen (secondary N) is 1. The highest BCUT2D eigenvalue weighted by Gasteiger charge is 2.14. The van der Waals surface area contributed by atoms with Crippen LogP contribution in [0.3, 0.4) is 0 Å². The van der Waals surface area contributed by atoms with Gasteiger partial charge in [-0.2, -0.15) is 0 Å². The molecule has 1 atom stereocenters. The Balaban J connectivity index is 2.34. The van der Waals surface area contributed by atoms with Crippen LogP contribution >= 0.6 is 0 Å². The van der Waals surface area contributed by atoms with Gasteiger partial charge >= 0.3 is 0 Å². The molecule has 0 spiro atoms. The molecule has 0 saturated heterocycles. The highest BCUT2D eigenvalue weighted by atomic mass is 19.1. The number of aryl methyl sites for hydroxylation is 1. The largest absolute Gasteiger partial charge is 0.271 e. The summed E-state index contributed by atoms with van der Waals surface area (Å²) in [7, 11) is 0. The molecule has 0 aromatic heterocycles. The van der Waals surface area contributed by atoms with Gasteiger partial charge in [0.05, 0.1) is 0 Å². The standard InChI is InChI=1S/C17H29FN2/c1-3-4-5-6-7-8-9-13-16(20-19)15-12-10-11-14(2)17(15)18/h10-12,16,20H,3-9,13,19H2,1-2H3. The van der Waals surface area contributed by atoms with Crippen molar-refractivity contribution in [2.45, 2.75) is 71.3 Å². The lowest BCUT2D eigenvalue weighted by Gasteiger charge is -2.17. The van der Waals surface area contributed by atoms with Gasteiger partial charge in [-0.1, -0.05) is 70.1 Å². The maximum absolute atomic E-state index is 14.1. The maximum Gasteiger partial charge on any atom is 0.130 e. The Labute approximate surface area is 122 Å². The molecule has 0 radical (unpaired) electrons. The zero-order valence-electron chi connectivity index (χ0n) is 12.9. The summed E-state index contributed by atoms with van der Waals surface area (Å²) in [6.07, 6.45) is 9.73. The Morgan fingerprint density at radius 2 is 1.75 bits per heavy atom. The molecular weight excluding hydrogens is 251 g/mol. The minimum Gasteiger partial charge on any atom is -0.271 e. The van der Waals surface area contributed by atoms with E-state index in [1.54, 1.807) is 13.0 Å². The normalized spacial score (nSPS) is 12.6. The summed E-state index contributed by atoms with van der Waals surface area (Å²) in [5.41, 5.74) is 4.13. The number of hydrogen-bond acceptors (Lipinski definition) is 2. The van der Waals surface area contributed by atoms with Gasteiger partial charge in [-0.05, 0) is 18.9 Å². The van der Waals surface area contributed by atoms with Crippen LogP contribution in [0.4, 0.5) is 4.39 Å². The number of rotatable bonds is 10. The number of benzene rings is 1. The van der Waals surface area contributed by atoms with E-state index in [-0.39, 0.29) is 11.9 Å². The van der Waals surface area contributed by atoms with Crippen LogP contribution in [-0.4, -0.2) is 0 Å². The highest BCUT2D eigenvalue weighted by Crippen LogP contribution is 2.24. The smallest absolute Gasteiger partial charge is 0.130 e. The van der Waals surface area contributed by atoms with E-state index in [1.807, 2.05) is 12.1 Å². The fourth-order valence-corrected chi connectivity index (χ4v) is 2.57. The molecule has 3 heteroatoms. The van der Waals surface area contributed by atoms with Crippen molar-refractivity contribution in [2.24, 2.45) is 5.84 Å². The monoisotopic (exact) mass is 280 g/mol. The van der Waals surface area contributed by atoms with Crippen molar-refractivity contribution < 1.29 is 4.39 Å². The lowest BCUT2D eigenvalue weighted by atomic mass is 9.98. The molecular formula is C17H29FN2. The predicted octanol–water partition coefficient (Wildman–Crippen LogP) is 4.78. The summed E-state index contributed by atoms with van der Waals surface area (Å²) >= 11 is 0. The third-order valence-corrected chi connectivity index (χ3v) is 3.89. The Morgan fingerprint density at radius 1 is 1.10 bits per heavy atom. The molecule has 0 aliphatic heterocycles. The van der Waals surface area contributed by atoms with Gasteiger partial charge < -0.3 is 0 Å². The van der Waals surface area contributed by atoms with Gasteiger partial charge in [0.25, 0.3) is 0 Å². The van der Waals surface area contributed by atoms with Gasteiger partial charge in [-0.15, -0.1) is 0 Å². The Morgan fingerprint density at radius 3 is 2.40 bits per heavy atom. The first-order valence-corrected chi connectivity index (χ1v) is 7.91. The molecule has 0 saturated carbocycles. The molecule has 0 fully saturated rings. The molecule has 0 amide bonds. The molecule has 0 aliphatic rings. The second-order valence-electron chi connectivity index (χ2n) is 5.61. The summed E-state index contributed by atoms with van der Waals surface area (Å²) in [6.45, 7) is 4.02. The minimum absolute atomic E-state index is 0.0782. The number of nitrogens with two attached hydrogens (primary N) is 1. The summed E-state index contributed by atoms with van der Waals surface area (Å²) < 4.78 is 14.1. The third kappa shape index (κ3) is 5.59. The quantitative estimate of drug-likeness (QED) is 0.368.